The average molecular weight is 567 g/mol. The molecule has 33 heavy (non-hydrogen) atoms. The highest BCUT2D eigenvalue weighted by molar-refractivity contribution is 6.74. The van der Waals surface area contributed by atoms with Crippen molar-refractivity contribution in [2.45, 2.75) is 116 Å². The number of ether oxygens (including phenoxy) is 1. The van der Waals surface area contributed by atoms with E-state index in [0.717, 1.165) is 43.7 Å². The number of carbonyl (C=O) groups excluding carboxylic acids is 1. The van der Waals surface area contributed by atoms with Gasteiger partial charge in [-0.2, -0.15) is 0 Å². The van der Waals surface area contributed by atoms with Crippen LogP contribution in [0.3, 0.4) is 0 Å². The fraction of sp³-hybridized carbons (Fsp3) is 0.864. The maximum atomic E-state index is 12.7. The predicted molar refractivity (Wildman–Crippen MR) is 160 cm³/mol. The van der Waals surface area contributed by atoms with Crippen molar-refractivity contribution >= 4 is 60.2 Å². The lowest BCUT2D eigenvalue weighted by atomic mass is 10.00. The van der Waals surface area contributed by atoms with Gasteiger partial charge in [-0.1, -0.05) is 18.4 Å². The largest absolute Gasteiger partial charge is 0.462 e. The van der Waals surface area contributed by atoms with Gasteiger partial charge in [0, 0.05) is 5.57 Å². The molecule has 11 heteroatoms. The molecule has 0 spiro atoms. The van der Waals surface area contributed by atoms with Crippen LogP contribution in [0.1, 0.15) is 39.0 Å². The van der Waals surface area contributed by atoms with Crippen LogP contribution in [-0.2, 0) is 21.9 Å². The molecule has 0 aromatic rings. The molecule has 0 radical (unpaired) electrons. The van der Waals surface area contributed by atoms with E-state index in [1.807, 2.05) is 6.92 Å². The lowest BCUT2D eigenvalue weighted by Gasteiger charge is -2.18. The van der Waals surface area contributed by atoms with Gasteiger partial charge in [0.25, 0.3) is 0 Å². The summed E-state index contributed by atoms with van der Waals surface area (Å²) in [5, 5.41) is 0. The van der Waals surface area contributed by atoms with E-state index in [9.17, 15) is 4.79 Å². The normalized spacial score (nSPS) is 13.8. The first-order valence-corrected chi connectivity index (χ1v) is 27.8. The van der Waals surface area contributed by atoms with Crippen LogP contribution < -0.4 is 0 Å². The number of hydrogen-bond donors (Lipinski definition) is 0. The molecule has 0 aromatic carbocycles. The lowest BCUT2D eigenvalue weighted by molar-refractivity contribution is -0.139. The molecule has 0 aromatic heterocycles. The summed E-state index contributed by atoms with van der Waals surface area (Å²) in [7, 11) is -5.54. The van der Waals surface area contributed by atoms with Crippen LogP contribution in [0.5, 0.6) is 0 Å². The third-order valence-corrected chi connectivity index (χ3v) is 20.2. The molecule has 196 valence electrons. The molecule has 0 unspecified atom stereocenters. The van der Waals surface area contributed by atoms with Crippen LogP contribution in [0.2, 0.25) is 77.1 Å². The van der Waals surface area contributed by atoms with Crippen LogP contribution in [0, 0.1) is 0 Å². The first kappa shape index (κ1) is 33.4. The molecule has 0 rings (SSSR count). The SMILES string of the molecule is CC(C(=O)OCCC[SiH2]O[Si](C)(C)C)=C(CCC[SiH2]O[Si](C)(C)C)CCC[SiH2]O[Si](C)(C)C. The minimum absolute atomic E-state index is 0.121. The number of carbonyl (C=O) groups is 1. The Hall–Kier alpha value is 0.391. The molecule has 0 saturated heterocycles. The second-order valence-electron chi connectivity index (χ2n) is 11.9. The highest BCUT2D eigenvalue weighted by atomic mass is 28.4. The van der Waals surface area contributed by atoms with Gasteiger partial charge in [-0.25, -0.2) is 4.79 Å². The summed E-state index contributed by atoms with van der Waals surface area (Å²) in [5.74, 6) is -0.121. The maximum absolute atomic E-state index is 12.7. The van der Waals surface area contributed by atoms with Gasteiger partial charge in [0.05, 0.1) is 6.61 Å². The maximum Gasteiger partial charge on any atom is 0.333 e. The van der Waals surface area contributed by atoms with Gasteiger partial charge in [0.15, 0.2) is 25.0 Å². The third-order valence-electron chi connectivity index (χ3n) is 4.96. The van der Waals surface area contributed by atoms with Crippen LogP contribution in [0.15, 0.2) is 11.1 Å². The Labute approximate surface area is 215 Å². The number of esters is 1. The van der Waals surface area contributed by atoms with Crippen molar-refractivity contribution in [1.29, 1.82) is 0 Å². The van der Waals surface area contributed by atoms with Crippen molar-refractivity contribution < 1.29 is 21.9 Å². The molecule has 0 saturated carbocycles. The molecule has 0 aliphatic rings. The van der Waals surface area contributed by atoms with Gasteiger partial charge in [-0.3, -0.25) is 0 Å². The van der Waals surface area contributed by atoms with E-state index < -0.39 is 54.2 Å². The molecular formula is C22H54O5Si6. The van der Waals surface area contributed by atoms with E-state index in [1.54, 1.807) is 0 Å². The second kappa shape index (κ2) is 17.0. The molecular weight excluding hydrogens is 513 g/mol. The van der Waals surface area contributed by atoms with Gasteiger partial charge in [-0.05, 0) is 103 Å². The molecule has 0 amide bonds. The van der Waals surface area contributed by atoms with Gasteiger partial charge >= 0.3 is 5.97 Å². The molecule has 0 heterocycles. The Morgan fingerprint density at radius 2 is 1.00 bits per heavy atom. The number of rotatable bonds is 19. The lowest BCUT2D eigenvalue weighted by Crippen LogP contribution is -2.27. The summed E-state index contributed by atoms with van der Waals surface area (Å²) >= 11 is 0. The first-order valence-electron chi connectivity index (χ1n) is 12.9. The Balaban J connectivity index is 4.62. The van der Waals surface area contributed by atoms with E-state index >= 15 is 0 Å². The van der Waals surface area contributed by atoms with Crippen LogP contribution in [0.25, 0.3) is 0 Å². The molecule has 5 nitrogen and oxygen atoms in total. The molecule has 0 aliphatic carbocycles. The second-order valence-corrected chi connectivity index (χ2v) is 31.4. The van der Waals surface area contributed by atoms with Gasteiger partial charge < -0.3 is 17.1 Å². The monoisotopic (exact) mass is 566 g/mol. The third kappa shape index (κ3) is 22.6. The summed E-state index contributed by atoms with van der Waals surface area (Å²) in [6.45, 7) is 22.7. The Kier molecular flexibility index (Phi) is 17.2. The van der Waals surface area contributed by atoms with Crippen molar-refractivity contribution in [3.05, 3.63) is 11.1 Å². The van der Waals surface area contributed by atoms with E-state index in [2.05, 4.69) is 58.9 Å². The predicted octanol–water partition coefficient (Wildman–Crippen LogP) is 4.86. The molecule has 0 N–H and O–H groups in total. The van der Waals surface area contributed by atoms with Crippen molar-refractivity contribution in [3.8, 4) is 0 Å². The average Bonchev–Trinajstić information content (AvgIpc) is 2.65. The zero-order chi connectivity index (χ0) is 25.5. The zero-order valence-electron chi connectivity index (χ0n) is 23.5. The van der Waals surface area contributed by atoms with Crippen molar-refractivity contribution in [1.82, 2.24) is 0 Å². The smallest absolute Gasteiger partial charge is 0.333 e. The van der Waals surface area contributed by atoms with Gasteiger partial charge in [-0.15, -0.1) is 0 Å². The van der Waals surface area contributed by atoms with Crippen LogP contribution in [0.4, 0.5) is 0 Å². The minimum Gasteiger partial charge on any atom is -0.462 e. The summed E-state index contributed by atoms with van der Waals surface area (Å²) in [5.41, 5.74) is 2.13. The molecule has 0 atom stereocenters. The topological polar surface area (TPSA) is 54.0 Å². The molecule has 0 bridgehead atoms. The van der Waals surface area contributed by atoms with Crippen molar-refractivity contribution in [2.75, 3.05) is 6.61 Å². The van der Waals surface area contributed by atoms with Crippen LogP contribution in [-0.4, -0.2) is 66.8 Å². The highest BCUT2D eigenvalue weighted by Gasteiger charge is 2.16. The van der Waals surface area contributed by atoms with E-state index in [4.69, 9.17) is 17.1 Å². The number of hydrogen-bond acceptors (Lipinski definition) is 5. The first-order chi connectivity index (χ1) is 15.1. The quantitative estimate of drug-likeness (QED) is 0.0967. The highest BCUT2D eigenvalue weighted by Crippen LogP contribution is 2.21. The number of allylic oxidation sites excluding steroid dienone is 1. The minimum atomic E-state index is -1.39. The molecule has 0 aliphatic heterocycles. The summed E-state index contributed by atoms with van der Waals surface area (Å²) < 4.78 is 23.9. The van der Waals surface area contributed by atoms with Gasteiger partial charge in [0.2, 0.25) is 0 Å². The zero-order valence-corrected chi connectivity index (χ0v) is 30.8. The van der Waals surface area contributed by atoms with Crippen molar-refractivity contribution in [3.63, 3.8) is 0 Å². The Morgan fingerprint density at radius 1 is 0.636 bits per heavy atom. The van der Waals surface area contributed by atoms with Crippen molar-refractivity contribution in [2.24, 2.45) is 0 Å². The van der Waals surface area contributed by atoms with E-state index in [-0.39, 0.29) is 5.97 Å². The fourth-order valence-corrected chi connectivity index (χ4v) is 13.5. The standard InChI is InChI=1S/C22H54O5Si6/c1-20(22(23)24-16-13-19-30-27-33(8,9)10)21(14-11-17-28-25-31(2,3)4)15-12-18-29-26-32(5,6)7/h11-19,28-30H2,1-10H3. The molecule has 0 fully saturated rings. The van der Waals surface area contributed by atoms with Crippen LogP contribution >= 0.6 is 0 Å². The Morgan fingerprint density at radius 3 is 1.36 bits per heavy atom. The van der Waals surface area contributed by atoms with E-state index in [1.165, 1.54) is 17.7 Å². The van der Waals surface area contributed by atoms with E-state index in [0.29, 0.717) is 6.61 Å². The summed E-state index contributed by atoms with van der Waals surface area (Å²) in [6, 6.07) is 3.45. The summed E-state index contributed by atoms with van der Waals surface area (Å²) in [6.07, 6.45) is 5.16. The summed E-state index contributed by atoms with van der Waals surface area (Å²) in [4.78, 5) is 12.7. The fourth-order valence-electron chi connectivity index (χ4n) is 3.14. The van der Waals surface area contributed by atoms with Gasteiger partial charge in [0.1, 0.15) is 29.3 Å². The Bertz CT molecular complexity index is 553.